The van der Waals surface area contributed by atoms with E-state index < -0.39 is 18.1 Å². The Kier molecular flexibility index (Phi) is 7.14. The van der Waals surface area contributed by atoms with Gasteiger partial charge in [-0.1, -0.05) is 46.3 Å². The van der Waals surface area contributed by atoms with Gasteiger partial charge in [-0.15, -0.1) is 0 Å². The molecule has 0 radical (unpaired) electrons. The Morgan fingerprint density at radius 2 is 1.96 bits per heavy atom. The van der Waals surface area contributed by atoms with Crippen molar-refractivity contribution in [1.29, 1.82) is 0 Å². The number of rotatable bonds is 6. The van der Waals surface area contributed by atoms with Crippen LogP contribution in [0.3, 0.4) is 0 Å². The van der Waals surface area contributed by atoms with Crippen LogP contribution in [0.2, 0.25) is 0 Å². The molecule has 1 saturated carbocycles. The van der Waals surface area contributed by atoms with Gasteiger partial charge in [-0.05, 0) is 24.3 Å². The Labute approximate surface area is 153 Å². The summed E-state index contributed by atoms with van der Waals surface area (Å²) in [6.07, 6.45) is -0.712. The predicted molar refractivity (Wildman–Crippen MR) is 93.5 cm³/mol. The first-order chi connectivity index (χ1) is 11.9. The van der Waals surface area contributed by atoms with Crippen molar-refractivity contribution in [1.82, 2.24) is 5.32 Å². The third-order valence-corrected chi connectivity index (χ3v) is 4.97. The summed E-state index contributed by atoms with van der Waals surface area (Å²) >= 11 is 3.19. The van der Waals surface area contributed by atoms with E-state index in [1.807, 2.05) is 36.3 Å². The summed E-state index contributed by atoms with van der Waals surface area (Å²) in [6, 6.07) is 8.51. The van der Waals surface area contributed by atoms with E-state index in [4.69, 9.17) is 4.74 Å². The van der Waals surface area contributed by atoms with Crippen molar-refractivity contribution in [2.24, 2.45) is 5.92 Å². The van der Waals surface area contributed by atoms with E-state index >= 15 is 0 Å². The van der Waals surface area contributed by atoms with Crippen LogP contribution < -0.4 is 5.32 Å². The Morgan fingerprint density at radius 3 is 2.52 bits per heavy atom. The lowest BCUT2D eigenvalue weighted by Gasteiger charge is -2.33. The molecule has 0 aromatic heterocycles. The van der Waals surface area contributed by atoms with E-state index in [1.54, 1.807) is 0 Å². The first kappa shape index (κ1) is 19.6. The van der Waals surface area contributed by atoms with Gasteiger partial charge in [0.1, 0.15) is 12.5 Å². The van der Waals surface area contributed by atoms with Gasteiger partial charge in [-0.25, -0.2) is 18.4 Å². The van der Waals surface area contributed by atoms with Gasteiger partial charge in [0.15, 0.2) is 0 Å². The molecule has 0 saturated heterocycles. The Hall–Kier alpha value is -1.72. The molecule has 2 rings (SSSR count). The second kappa shape index (κ2) is 9.11. The lowest BCUT2D eigenvalue weighted by molar-refractivity contribution is -0.0480. The normalized spacial score (nSPS) is 18.0. The Bertz CT molecular complexity index is 622. The quantitative estimate of drug-likeness (QED) is 0.557. The van der Waals surface area contributed by atoms with Gasteiger partial charge < -0.3 is 10.1 Å². The Balaban J connectivity index is 1.98. The van der Waals surface area contributed by atoms with E-state index in [9.17, 15) is 18.4 Å². The summed E-state index contributed by atoms with van der Waals surface area (Å²) in [5.41, 5.74) is 1.13. The molecular formula is C18H20BrF2NO3. The minimum Gasteiger partial charge on any atom is -0.445 e. The first-order valence-corrected chi connectivity index (χ1v) is 9.22. The number of ether oxygens (including phenoxy) is 1. The zero-order valence-corrected chi connectivity index (χ0v) is 15.2. The number of hydrogen-bond donors (Lipinski definition) is 1. The van der Waals surface area contributed by atoms with Crippen LogP contribution >= 0.6 is 15.9 Å². The highest BCUT2D eigenvalue weighted by Gasteiger charge is 2.39. The average molecular weight is 416 g/mol. The zero-order chi connectivity index (χ0) is 18.3. The number of halogens is 3. The highest BCUT2D eigenvalue weighted by Crippen LogP contribution is 2.38. The van der Waals surface area contributed by atoms with Crippen LogP contribution in [0, 0.1) is 5.92 Å². The van der Waals surface area contributed by atoms with Gasteiger partial charge >= 0.3 is 6.09 Å². The number of carbonyl (C=O) groups is 1. The summed E-state index contributed by atoms with van der Waals surface area (Å²) in [7, 11) is 0. The number of hydrogen-bond acceptors (Lipinski definition) is 3. The third-order valence-electron chi connectivity index (χ3n) is 4.37. The monoisotopic (exact) mass is 415 g/mol. The number of alkyl halides is 3. The van der Waals surface area contributed by atoms with Crippen molar-refractivity contribution < 1.29 is 23.1 Å². The molecule has 1 fully saturated rings. The fraction of sp³-hybridized carbons (Fsp3) is 0.500. The summed E-state index contributed by atoms with van der Waals surface area (Å²) in [5, 5.41) is 2.87. The molecule has 0 spiro atoms. The highest BCUT2D eigenvalue weighted by atomic mass is 79.9. The van der Waals surface area contributed by atoms with Crippen LogP contribution in [-0.2, 0) is 16.1 Å². The molecule has 0 bridgehead atoms. The number of benzene rings is 1. The van der Waals surface area contributed by atoms with Crippen LogP contribution in [0.4, 0.5) is 13.6 Å². The number of carbonyl (C=O) groups excluding carboxylic acids is 2. The van der Waals surface area contributed by atoms with Crippen LogP contribution in [0.5, 0.6) is 0 Å². The van der Waals surface area contributed by atoms with Crippen LogP contribution in [0.15, 0.2) is 35.9 Å². The van der Waals surface area contributed by atoms with Crippen molar-refractivity contribution in [2.75, 3.05) is 5.33 Å². The largest absolute Gasteiger partial charge is 0.445 e. The van der Waals surface area contributed by atoms with Gasteiger partial charge in [-0.3, -0.25) is 0 Å². The van der Waals surface area contributed by atoms with Crippen molar-refractivity contribution >= 4 is 28.0 Å². The van der Waals surface area contributed by atoms with Gasteiger partial charge in [0.2, 0.25) is 5.92 Å². The Morgan fingerprint density at radius 1 is 1.32 bits per heavy atom. The maximum Gasteiger partial charge on any atom is 0.407 e. The first-order valence-electron chi connectivity index (χ1n) is 8.10. The predicted octanol–water partition coefficient (Wildman–Crippen LogP) is 4.26. The standard InChI is InChI=1S/C18H20BrF2NO3/c19-10-15(11-23)16(14-6-8-18(20,21)9-7-14)22-17(24)25-12-13-4-2-1-3-5-13/h1-5,14,16H,6-10,12H2,(H,22,24)/t16-/m0/s1. The molecule has 25 heavy (non-hydrogen) atoms. The minimum absolute atomic E-state index is 0.0938. The van der Waals surface area contributed by atoms with Crippen molar-refractivity contribution in [3.05, 3.63) is 41.5 Å². The summed E-state index contributed by atoms with van der Waals surface area (Å²) in [5.74, 6) is -1.10. The molecule has 1 aromatic carbocycles. The minimum atomic E-state index is -2.67. The summed E-state index contributed by atoms with van der Waals surface area (Å²) < 4.78 is 31.9. The van der Waals surface area contributed by atoms with Gasteiger partial charge in [0, 0.05) is 23.7 Å². The van der Waals surface area contributed by atoms with Crippen LogP contribution in [-0.4, -0.2) is 29.3 Å². The van der Waals surface area contributed by atoms with E-state index in [1.165, 1.54) is 0 Å². The van der Waals surface area contributed by atoms with E-state index in [0.717, 1.165) is 5.56 Å². The molecule has 1 aliphatic rings. The molecule has 1 aliphatic carbocycles. The van der Waals surface area contributed by atoms with E-state index in [-0.39, 0.29) is 43.5 Å². The lowest BCUT2D eigenvalue weighted by atomic mass is 9.80. The summed E-state index contributed by atoms with van der Waals surface area (Å²) in [4.78, 5) is 23.3. The van der Waals surface area contributed by atoms with E-state index in [2.05, 4.69) is 21.2 Å². The average Bonchev–Trinajstić information content (AvgIpc) is 2.61. The zero-order valence-electron chi connectivity index (χ0n) is 13.6. The third kappa shape index (κ3) is 5.94. The molecule has 1 amide bonds. The molecule has 1 atom stereocenters. The maximum atomic E-state index is 13.4. The van der Waals surface area contributed by atoms with Crippen molar-refractivity contribution in [2.45, 2.75) is 44.3 Å². The van der Waals surface area contributed by atoms with Crippen molar-refractivity contribution in [3.63, 3.8) is 0 Å². The molecule has 4 nitrogen and oxygen atoms in total. The smallest absolute Gasteiger partial charge is 0.407 e. The summed E-state index contributed by atoms with van der Waals surface area (Å²) in [6.45, 7) is 0.0938. The van der Waals surface area contributed by atoms with Crippen LogP contribution in [0.1, 0.15) is 31.2 Å². The fourth-order valence-corrected chi connectivity index (χ4v) is 3.41. The molecule has 136 valence electrons. The topological polar surface area (TPSA) is 55.4 Å². The SMILES string of the molecule is O=C=C(CBr)[C@@H](NC(=O)OCc1ccccc1)C1CCC(F)(F)CC1. The second-order valence-electron chi connectivity index (χ2n) is 6.14. The molecule has 7 heteroatoms. The van der Waals surface area contributed by atoms with E-state index in [0.29, 0.717) is 5.57 Å². The number of alkyl carbamates (subject to hydrolysis) is 1. The highest BCUT2D eigenvalue weighted by molar-refractivity contribution is 9.09. The lowest BCUT2D eigenvalue weighted by Crippen LogP contribution is -2.45. The number of nitrogens with one attached hydrogen (secondary N) is 1. The van der Waals surface area contributed by atoms with Gasteiger partial charge in [0.25, 0.3) is 0 Å². The van der Waals surface area contributed by atoms with Crippen LogP contribution in [0.25, 0.3) is 0 Å². The molecule has 1 N–H and O–H groups in total. The molecular weight excluding hydrogens is 396 g/mol. The molecule has 1 aromatic rings. The number of amides is 1. The van der Waals surface area contributed by atoms with Crippen molar-refractivity contribution in [3.8, 4) is 0 Å². The second-order valence-corrected chi connectivity index (χ2v) is 6.70. The molecule has 0 unspecified atom stereocenters. The molecule has 0 heterocycles. The fourth-order valence-electron chi connectivity index (χ4n) is 2.95. The van der Waals surface area contributed by atoms with Gasteiger partial charge in [-0.2, -0.15) is 0 Å². The van der Waals surface area contributed by atoms with Gasteiger partial charge in [0.05, 0.1) is 6.04 Å². The maximum absolute atomic E-state index is 13.4. The molecule has 0 aliphatic heterocycles.